The van der Waals surface area contributed by atoms with Crippen LogP contribution in [-0.2, 0) is 11.3 Å². The molecule has 0 saturated heterocycles. The highest BCUT2D eigenvalue weighted by atomic mass is 16.1. The number of nitrogens with zero attached hydrogens (tertiary/aromatic N) is 1. The highest BCUT2D eigenvalue weighted by Crippen LogP contribution is 2.27. The molecule has 4 N–H and O–H groups in total. The lowest BCUT2D eigenvalue weighted by atomic mass is 9.85. The Morgan fingerprint density at radius 2 is 2.23 bits per heavy atom. The lowest BCUT2D eigenvalue weighted by Crippen LogP contribution is -2.32. The predicted octanol–water partition coefficient (Wildman–Crippen LogP) is 2.63. The number of anilines is 1. The number of benzene rings is 1. The molecule has 0 atom stereocenters. The second kappa shape index (κ2) is 8.41. The molecule has 2 rings (SSSR count). The van der Waals surface area contributed by atoms with Gasteiger partial charge in [-0.3, -0.25) is 4.79 Å². The van der Waals surface area contributed by atoms with Gasteiger partial charge in [0.25, 0.3) is 0 Å². The van der Waals surface area contributed by atoms with Crippen LogP contribution in [0.1, 0.15) is 44.6 Å². The van der Waals surface area contributed by atoms with E-state index in [9.17, 15) is 4.79 Å². The van der Waals surface area contributed by atoms with Gasteiger partial charge in [-0.05, 0) is 37.0 Å². The molecule has 0 heterocycles. The summed E-state index contributed by atoms with van der Waals surface area (Å²) < 4.78 is 0. The van der Waals surface area contributed by atoms with E-state index in [2.05, 4.69) is 22.5 Å². The number of carbonyl (C=O) groups excluding carboxylic acids is 1. The van der Waals surface area contributed by atoms with Gasteiger partial charge in [-0.2, -0.15) is 0 Å². The van der Waals surface area contributed by atoms with Crippen molar-refractivity contribution in [2.24, 2.45) is 16.6 Å². The van der Waals surface area contributed by atoms with Gasteiger partial charge in [-0.15, -0.1) is 0 Å². The maximum Gasteiger partial charge on any atom is 0.227 e. The summed E-state index contributed by atoms with van der Waals surface area (Å²) in [7, 11) is 0. The summed E-state index contributed by atoms with van der Waals surface area (Å²) in [5.41, 5.74) is 7.68. The average molecular weight is 302 g/mol. The number of hydrogen-bond donors (Lipinski definition) is 3. The van der Waals surface area contributed by atoms with Crippen LogP contribution in [-0.4, -0.2) is 18.4 Å². The second-order valence-corrected chi connectivity index (χ2v) is 5.80. The smallest absolute Gasteiger partial charge is 0.227 e. The molecule has 1 aromatic rings. The number of guanidine groups is 1. The van der Waals surface area contributed by atoms with Gasteiger partial charge in [0, 0.05) is 18.2 Å². The lowest BCUT2D eigenvalue weighted by molar-refractivity contribution is -0.122. The van der Waals surface area contributed by atoms with E-state index >= 15 is 0 Å². The first-order valence-electron chi connectivity index (χ1n) is 8.12. The normalized spacial score (nSPS) is 15.2. The minimum absolute atomic E-state index is 0.132. The molecule has 5 nitrogen and oxygen atoms in total. The monoisotopic (exact) mass is 302 g/mol. The van der Waals surface area contributed by atoms with E-state index in [1.807, 2.05) is 24.3 Å². The van der Waals surface area contributed by atoms with Gasteiger partial charge in [0.1, 0.15) is 0 Å². The van der Waals surface area contributed by atoms with E-state index in [1.54, 1.807) is 0 Å². The summed E-state index contributed by atoms with van der Waals surface area (Å²) in [5, 5.41) is 6.07. The van der Waals surface area contributed by atoms with Crippen LogP contribution in [0.5, 0.6) is 0 Å². The van der Waals surface area contributed by atoms with Crippen molar-refractivity contribution in [2.45, 2.75) is 45.6 Å². The topological polar surface area (TPSA) is 79.5 Å². The van der Waals surface area contributed by atoms with Crippen LogP contribution in [0.25, 0.3) is 0 Å². The molecule has 120 valence electrons. The van der Waals surface area contributed by atoms with Crippen LogP contribution in [0.4, 0.5) is 5.69 Å². The van der Waals surface area contributed by atoms with E-state index in [-0.39, 0.29) is 11.8 Å². The second-order valence-electron chi connectivity index (χ2n) is 5.80. The molecule has 1 saturated carbocycles. The third kappa shape index (κ3) is 5.06. The maximum atomic E-state index is 12.0. The molecule has 1 fully saturated rings. The number of hydrogen-bond acceptors (Lipinski definition) is 2. The van der Waals surface area contributed by atoms with E-state index in [1.165, 1.54) is 0 Å². The minimum atomic E-state index is 0.132. The molecule has 5 heteroatoms. The molecular weight excluding hydrogens is 276 g/mol. The quantitative estimate of drug-likeness (QED) is 0.411. The van der Waals surface area contributed by atoms with E-state index in [0.29, 0.717) is 12.5 Å². The van der Waals surface area contributed by atoms with Crippen molar-refractivity contribution in [1.29, 1.82) is 0 Å². The van der Waals surface area contributed by atoms with Crippen molar-refractivity contribution in [3.63, 3.8) is 0 Å². The molecule has 0 aromatic heterocycles. The zero-order chi connectivity index (χ0) is 15.8. The summed E-state index contributed by atoms with van der Waals surface area (Å²) in [4.78, 5) is 16.3. The zero-order valence-corrected chi connectivity index (χ0v) is 13.3. The molecule has 1 aromatic carbocycles. The third-order valence-electron chi connectivity index (χ3n) is 3.94. The third-order valence-corrected chi connectivity index (χ3v) is 3.94. The van der Waals surface area contributed by atoms with Gasteiger partial charge in [-0.25, -0.2) is 4.99 Å². The van der Waals surface area contributed by atoms with Crippen molar-refractivity contribution in [2.75, 3.05) is 11.9 Å². The first-order valence-corrected chi connectivity index (χ1v) is 8.12. The predicted molar refractivity (Wildman–Crippen MR) is 90.6 cm³/mol. The first kappa shape index (κ1) is 16.3. The van der Waals surface area contributed by atoms with E-state index in [0.717, 1.165) is 49.9 Å². The molecule has 1 aliphatic rings. The Morgan fingerprint density at radius 3 is 2.91 bits per heavy atom. The fourth-order valence-corrected chi connectivity index (χ4v) is 2.29. The lowest BCUT2D eigenvalue weighted by Gasteiger charge is -2.24. The Balaban J connectivity index is 1.85. The summed E-state index contributed by atoms with van der Waals surface area (Å²) in [6.45, 7) is 3.50. The summed E-state index contributed by atoms with van der Waals surface area (Å²) in [5.74, 6) is 0.796. The molecule has 0 radical (unpaired) electrons. The number of amides is 1. The van der Waals surface area contributed by atoms with Crippen molar-refractivity contribution in [3.05, 3.63) is 29.8 Å². The van der Waals surface area contributed by atoms with Crippen LogP contribution in [0.3, 0.4) is 0 Å². The molecule has 0 spiro atoms. The van der Waals surface area contributed by atoms with E-state index in [4.69, 9.17) is 5.73 Å². The SMILES string of the molecule is CCCCNC(N)=NCc1cccc(NC(=O)C2CCC2)c1. The Kier molecular flexibility index (Phi) is 6.25. The Labute approximate surface area is 132 Å². The van der Waals surface area contributed by atoms with Crippen LogP contribution in [0.2, 0.25) is 0 Å². The van der Waals surface area contributed by atoms with Gasteiger partial charge in [-0.1, -0.05) is 31.9 Å². The number of carbonyl (C=O) groups is 1. The highest BCUT2D eigenvalue weighted by molar-refractivity contribution is 5.93. The van der Waals surface area contributed by atoms with Crippen LogP contribution < -0.4 is 16.4 Å². The summed E-state index contributed by atoms with van der Waals surface area (Å²) >= 11 is 0. The first-order chi connectivity index (χ1) is 10.7. The van der Waals surface area contributed by atoms with Gasteiger partial charge < -0.3 is 16.4 Å². The summed E-state index contributed by atoms with van der Waals surface area (Å²) in [6, 6.07) is 7.79. The van der Waals surface area contributed by atoms with Crippen molar-refractivity contribution in [1.82, 2.24) is 5.32 Å². The van der Waals surface area contributed by atoms with Crippen LogP contribution >= 0.6 is 0 Å². The number of aliphatic imine (C=N–C) groups is 1. The molecule has 22 heavy (non-hydrogen) atoms. The number of unbranched alkanes of at least 4 members (excludes halogenated alkanes) is 1. The van der Waals surface area contributed by atoms with Crippen molar-refractivity contribution >= 4 is 17.6 Å². The highest BCUT2D eigenvalue weighted by Gasteiger charge is 2.25. The summed E-state index contributed by atoms with van der Waals surface area (Å²) in [6.07, 6.45) is 5.39. The average Bonchev–Trinajstić information content (AvgIpc) is 2.44. The van der Waals surface area contributed by atoms with Gasteiger partial charge in [0.2, 0.25) is 5.91 Å². The molecule has 1 amide bonds. The fourth-order valence-electron chi connectivity index (χ4n) is 2.29. The Hall–Kier alpha value is -2.04. The number of nitrogens with one attached hydrogen (secondary N) is 2. The molecule has 1 aliphatic carbocycles. The minimum Gasteiger partial charge on any atom is -0.370 e. The molecule has 0 bridgehead atoms. The van der Waals surface area contributed by atoms with Gasteiger partial charge in [0.05, 0.1) is 6.54 Å². The number of rotatable bonds is 7. The van der Waals surface area contributed by atoms with Crippen LogP contribution in [0, 0.1) is 5.92 Å². The van der Waals surface area contributed by atoms with E-state index < -0.39 is 0 Å². The van der Waals surface area contributed by atoms with Crippen molar-refractivity contribution < 1.29 is 4.79 Å². The molecule has 0 aliphatic heterocycles. The molecule has 0 unspecified atom stereocenters. The maximum absolute atomic E-state index is 12.0. The standard InChI is InChI=1S/C17H26N4O/c1-2-3-10-19-17(18)20-12-13-6-4-9-15(11-13)21-16(22)14-7-5-8-14/h4,6,9,11,14H,2-3,5,7-8,10,12H2,1H3,(H,21,22)(H3,18,19,20). The Morgan fingerprint density at radius 1 is 1.41 bits per heavy atom. The van der Waals surface area contributed by atoms with Crippen molar-refractivity contribution in [3.8, 4) is 0 Å². The van der Waals surface area contributed by atoms with Crippen LogP contribution in [0.15, 0.2) is 29.3 Å². The van der Waals surface area contributed by atoms with Gasteiger partial charge >= 0.3 is 0 Å². The number of nitrogens with two attached hydrogens (primary N) is 1. The Bertz CT molecular complexity index is 523. The molecular formula is C17H26N4O. The largest absolute Gasteiger partial charge is 0.370 e. The fraction of sp³-hybridized carbons (Fsp3) is 0.529. The zero-order valence-electron chi connectivity index (χ0n) is 13.3. The van der Waals surface area contributed by atoms with Gasteiger partial charge in [0.15, 0.2) is 5.96 Å².